The summed E-state index contributed by atoms with van der Waals surface area (Å²) in [4.78, 5) is 16.5. The van der Waals surface area contributed by atoms with Crippen LogP contribution in [0.4, 0.5) is 0 Å². The predicted molar refractivity (Wildman–Crippen MR) is 133 cm³/mol. The third-order valence-electron chi connectivity index (χ3n) is 4.64. The lowest BCUT2D eigenvalue weighted by Crippen LogP contribution is -2.38. The minimum Gasteiger partial charge on any atom is -0.357 e. The van der Waals surface area contributed by atoms with Gasteiger partial charge in [-0.15, -0.1) is 24.0 Å². The zero-order chi connectivity index (χ0) is 20.4. The molecule has 0 aromatic heterocycles. The van der Waals surface area contributed by atoms with Crippen molar-refractivity contribution in [2.24, 2.45) is 4.99 Å². The van der Waals surface area contributed by atoms with Crippen LogP contribution in [-0.2, 0) is 6.42 Å². The van der Waals surface area contributed by atoms with E-state index in [0.29, 0.717) is 11.5 Å². The van der Waals surface area contributed by atoms with E-state index < -0.39 is 0 Å². The Morgan fingerprint density at radius 1 is 1.10 bits per heavy atom. The van der Waals surface area contributed by atoms with E-state index in [4.69, 9.17) is 4.99 Å². The van der Waals surface area contributed by atoms with E-state index >= 15 is 0 Å². The highest BCUT2D eigenvalue weighted by Gasteiger charge is 2.06. The zero-order valence-electron chi connectivity index (χ0n) is 17.8. The Morgan fingerprint density at radius 3 is 2.48 bits per heavy atom. The number of carbonyl (C=O) groups excluding carboxylic acids is 1. The largest absolute Gasteiger partial charge is 0.357 e. The SMILES string of the molecule is CCNC(=NCC(C)c1ccc(C)cc1)NCCc1cccc(C(=O)NC)c1.I. The molecule has 29 heavy (non-hydrogen) atoms. The van der Waals surface area contributed by atoms with Crippen molar-refractivity contribution in [3.05, 3.63) is 70.8 Å². The monoisotopic (exact) mass is 508 g/mol. The quantitative estimate of drug-likeness (QED) is 0.288. The Kier molecular flexibility index (Phi) is 11.3. The van der Waals surface area contributed by atoms with Gasteiger partial charge in [-0.3, -0.25) is 9.79 Å². The molecule has 0 aliphatic heterocycles. The van der Waals surface area contributed by atoms with E-state index in [9.17, 15) is 4.79 Å². The molecule has 0 heterocycles. The molecular formula is C23H33IN4O. The normalized spacial score (nSPS) is 11.9. The van der Waals surface area contributed by atoms with Crippen LogP contribution < -0.4 is 16.0 Å². The van der Waals surface area contributed by atoms with Crippen LogP contribution >= 0.6 is 24.0 Å². The minimum absolute atomic E-state index is 0. The van der Waals surface area contributed by atoms with E-state index in [-0.39, 0.29) is 29.9 Å². The minimum atomic E-state index is -0.0604. The van der Waals surface area contributed by atoms with Crippen LogP contribution in [0.3, 0.4) is 0 Å². The Bertz CT molecular complexity index is 790. The number of nitrogens with one attached hydrogen (secondary N) is 3. The summed E-state index contributed by atoms with van der Waals surface area (Å²) in [5.74, 6) is 1.12. The molecule has 0 aliphatic rings. The molecule has 1 atom stereocenters. The summed E-state index contributed by atoms with van der Waals surface area (Å²) in [5.41, 5.74) is 4.39. The van der Waals surface area contributed by atoms with E-state index in [2.05, 4.69) is 61.0 Å². The van der Waals surface area contributed by atoms with Gasteiger partial charge < -0.3 is 16.0 Å². The van der Waals surface area contributed by atoms with Crippen LogP contribution in [0.25, 0.3) is 0 Å². The fraction of sp³-hybridized carbons (Fsp3) is 0.391. The first-order valence-electron chi connectivity index (χ1n) is 9.93. The number of nitrogens with zero attached hydrogens (tertiary/aromatic N) is 1. The van der Waals surface area contributed by atoms with Gasteiger partial charge in [0.2, 0.25) is 0 Å². The summed E-state index contributed by atoms with van der Waals surface area (Å²) in [6, 6.07) is 16.4. The molecule has 0 fully saturated rings. The Labute approximate surface area is 191 Å². The summed E-state index contributed by atoms with van der Waals surface area (Å²) in [6.07, 6.45) is 0.822. The molecule has 5 nitrogen and oxygen atoms in total. The van der Waals surface area contributed by atoms with Gasteiger partial charge in [-0.2, -0.15) is 0 Å². The molecule has 1 amide bonds. The van der Waals surface area contributed by atoms with Crippen molar-refractivity contribution in [1.82, 2.24) is 16.0 Å². The van der Waals surface area contributed by atoms with E-state index in [0.717, 1.165) is 37.6 Å². The second-order valence-corrected chi connectivity index (χ2v) is 6.99. The highest BCUT2D eigenvalue weighted by Crippen LogP contribution is 2.16. The van der Waals surface area contributed by atoms with Gasteiger partial charge in [-0.1, -0.05) is 48.9 Å². The molecule has 0 aliphatic carbocycles. The van der Waals surface area contributed by atoms with Crippen LogP contribution in [0.1, 0.15) is 46.8 Å². The van der Waals surface area contributed by atoms with Crippen LogP contribution in [0.5, 0.6) is 0 Å². The lowest BCUT2D eigenvalue weighted by atomic mass is 10.0. The molecule has 2 aromatic carbocycles. The molecule has 0 spiro atoms. The summed E-state index contributed by atoms with van der Waals surface area (Å²) in [7, 11) is 1.65. The maximum atomic E-state index is 11.8. The van der Waals surface area contributed by atoms with E-state index in [1.165, 1.54) is 11.1 Å². The molecule has 0 saturated heterocycles. The molecule has 2 aromatic rings. The number of rotatable bonds is 8. The number of aryl methyl sites for hydroxylation is 1. The van der Waals surface area contributed by atoms with Crippen LogP contribution in [0.2, 0.25) is 0 Å². The molecule has 0 radical (unpaired) electrons. The summed E-state index contributed by atoms with van der Waals surface area (Å²) in [6.45, 7) is 8.66. The zero-order valence-corrected chi connectivity index (χ0v) is 20.1. The predicted octanol–water partition coefficient (Wildman–Crippen LogP) is 3.87. The first kappa shape index (κ1) is 24.9. The Morgan fingerprint density at radius 2 is 1.83 bits per heavy atom. The average molecular weight is 508 g/mol. The van der Waals surface area contributed by atoms with Crippen LogP contribution in [-0.4, -0.2) is 38.5 Å². The third-order valence-corrected chi connectivity index (χ3v) is 4.64. The number of amides is 1. The summed E-state index contributed by atoms with van der Waals surface area (Å²) >= 11 is 0. The van der Waals surface area contributed by atoms with Crippen molar-refractivity contribution >= 4 is 35.8 Å². The fourth-order valence-corrected chi connectivity index (χ4v) is 2.91. The smallest absolute Gasteiger partial charge is 0.251 e. The molecule has 6 heteroatoms. The number of benzene rings is 2. The molecule has 158 valence electrons. The van der Waals surface area contributed by atoms with Gasteiger partial charge in [-0.05, 0) is 43.5 Å². The van der Waals surface area contributed by atoms with Gasteiger partial charge in [0.1, 0.15) is 0 Å². The number of halogens is 1. The number of hydrogen-bond donors (Lipinski definition) is 3. The lowest BCUT2D eigenvalue weighted by molar-refractivity contribution is 0.0963. The number of hydrogen-bond acceptors (Lipinski definition) is 2. The van der Waals surface area contributed by atoms with E-state index in [1.807, 2.05) is 24.3 Å². The topological polar surface area (TPSA) is 65.5 Å². The van der Waals surface area contributed by atoms with Gasteiger partial charge in [0, 0.05) is 38.2 Å². The van der Waals surface area contributed by atoms with Crippen LogP contribution in [0.15, 0.2) is 53.5 Å². The van der Waals surface area contributed by atoms with Gasteiger partial charge in [-0.25, -0.2) is 0 Å². The van der Waals surface area contributed by atoms with Gasteiger partial charge in [0.25, 0.3) is 5.91 Å². The van der Waals surface area contributed by atoms with Crippen molar-refractivity contribution in [2.45, 2.75) is 33.1 Å². The van der Waals surface area contributed by atoms with Gasteiger partial charge in [0.05, 0.1) is 0 Å². The fourth-order valence-electron chi connectivity index (χ4n) is 2.91. The standard InChI is InChI=1S/C23H32N4O.HI/c1-5-25-23(27-16-18(3)20-11-9-17(2)10-12-20)26-14-13-19-7-6-8-21(15-19)22(28)24-4;/h6-12,15,18H,5,13-14,16H2,1-4H3,(H,24,28)(H2,25,26,27);1H. The molecule has 0 saturated carbocycles. The van der Waals surface area contributed by atoms with Gasteiger partial charge in [0.15, 0.2) is 5.96 Å². The average Bonchev–Trinajstić information content (AvgIpc) is 2.72. The van der Waals surface area contributed by atoms with Gasteiger partial charge >= 0.3 is 0 Å². The molecule has 1 unspecified atom stereocenters. The number of aliphatic imine (C=N–C) groups is 1. The molecular weight excluding hydrogens is 475 g/mol. The van der Waals surface area contributed by atoms with Crippen molar-refractivity contribution in [3.63, 3.8) is 0 Å². The molecule has 3 N–H and O–H groups in total. The van der Waals surface area contributed by atoms with Crippen molar-refractivity contribution in [1.29, 1.82) is 0 Å². The maximum absolute atomic E-state index is 11.8. The highest BCUT2D eigenvalue weighted by molar-refractivity contribution is 14.0. The van der Waals surface area contributed by atoms with E-state index in [1.54, 1.807) is 7.05 Å². The number of carbonyl (C=O) groups is 1. The van der Waals surface area contributed by atoms with Crippen molar-refractivity contribution in [3.8, 4) is 0 Å². The highest BCUT2D eigenvalue weighted by atomic mass is 127. The summed E-state index contributed by atoms with van der Waals surface area (Å²) in [5, 5.41) is 9.34. The number of guanidine groups is 1. The maximum Gasteiger partial charge on any atom is 0.251 e. The van der Waals surface area contributed by atoms with Crippen molar-refractivity contribution < 1.29 is 4.79 Å². The van der Waals surface area contributed by atoms with Crippen LogP contribution in [0, 0.1) is 6.92 Å². The Hall–Kier alpha value is -2.09. The van der Waals surface area contributed by atoms with Crippen molar-refractivity contribution in [2.75, 3.05) is 26.7 Å². The Balaban J connectivity index is 0.00000420. The molecule has 2 rings (SSSR count). The molecule has 0 bridgehead atoms. The first-order chi connectivity index (χ1) is 13.5. The third kappa shape index (κ3) is 8.43. The second kappa shape index (κ2) is 13.2. The second-order valence-electron chi connectivity index (χ2n) is 6.99. The lowest BCUT2D eigenvalue weighted by Gasteiger charge is -2.14. The first-order valence-corrected chi connectivity index (χ1v) is 9.93. The summed E-state index contributed by atoms with van der Waals surface area (Å²) < 4.78 is 0.